The minimum absolute atomic E-state index is 0.00339. The molecule has 5 N–H and O–H groups in total. The summed E-state index contributed by atoms with van der Waals surface area (Å²) in [5.74, 6) is 0.894. The van der Waals surface area contributed by atoms with Crippen molar-refractivity contribution in [3.05, 3.63) is 66.2 Å². The Morgan fingerprint density at radius 1 is 1.00 bits per heavy atom. The molecule has 6 nitrogen and oxygen atoms in total. The highest BCUT2D eigenvalue weighted by Crippen LogP contribution is 2.37. The van der Waals surface area contributed by atoms with Gasteiger partial charge in [-0.2, -0.15) is 18.3 Å². The summed E-state index contributed by atoms with van der Waals surface area (Å²) in [5, 5.41) is 14.2. The molecule has 2 aromatic carbocycles. The van der Waals surface area contributed by atoms with Crippen LogP contribution in [0, 0.1) is 0 Å². The van der Waals surface area contributed by atoms with Crippen molar-refractivity contribution in [3.8, 4) is 11.3 Å². The molecule has 0 saturated heterocycles. The van der Waals surface area contributed by atoms with Gasteiger partial charge in [-0.25, -0.2) is 4.98 Å². The van der Waals surface area contributed by atoms with Gasteiger partial charge in [0.1, 0.15) is 5.82 Å². The fraction of sp³-hybridized carbons (Fsp3) is 0.143. The van der Waals surface area contributed by atoms with Crippen molar-refractivity contribution in [2.45, 2.75) is 6.18 Å². The summed E-state index contributed by atoms with van der Waals surface area (Å²) >= 11 is 0. The molecule has 0 atom stereocenters. The van der Waals surface area contributed by atoms with Crippen molar-refractivity contribution >= 4 is 28.2 Å². The first-order valence-electron chi connectivity index (χ1n) is 9.28. The van der Waals surface area contributed by atoms with Crippen LogP contribution in [0.1, 0.15) is 5.56 Å². The SMILES string of the molecule is NCCNc1cc(Nc2n[nH]c3ccccc23)nc(-c2ccccc2C(F)(F)F)c1. The molecule has 0 aliphatic heterocycles. The summed E-state index contributed by atoms with van der Waals surface area (Å²) < 4.78 is 40.6. The molecule has 154 valence electrons. The summed E-state index contributed by atoms with van der Waals surface area (Å²) in [7, 11) is 0. The van der Waals surface area contributed by atoms with Gasteiger partial charge in [-0.05, 0) is 24.3 Å². The first-order chi connectivity index (χ1) is 14.5. The molecule has 0 aliphatic carbocycles. The number of nitrogens with two attached hydrogens (primary N) is 1. The van der Waals surface area contributed by atoms with Crippen LogP contribution in [0.15, 0.2) is 60.7 Å². The molecule has 30 heavy (non-hydrogen) atoms. The number of para-hydroxylation sites is 1. The van der Waals surface area contributed by atoms with E-state index in [0.717, 1.165) is 17.0 Å². The number of pyridine rings is 1. The van der Waals surface area contributed by atoms with Gasteiger partial charge in [0.2, 0.25) is 0 Å². The zero-order chi connectivity index (χ0) is 21.1. The van der Waals surface area contributed by atoms with E-state index in [-0.39, 0.29) is 11.3 Å². The van der Waals surface area contributed by atoms with Crippen LogP contribution in [0.25, 0.3) is 22.2 Å². The summed E-state index contributed by atoms with van der Waals surface area (Å²) in [5.41, 5.74) is 6.43. The number of nitrogens with zero attached hydrogens (tertiary/aromatic N) is 2. The quantitative estimate of drug-likeness (QED) is 0.367. The van der Waals surface area contributed by atoms with E-state index >= 15 is 0 Å². The number of alkyl halides is 3. The molecule has 0 aliphatic rings. The second-order valence-electron chi connectivity index (χ2n) is 6.63. The minimum atomic E-state index is -4.50. The van der Waals surface area contributed by atoms with Crippen LogP contribution < -0.4 is 16.4 Å². The van der Waals surface area contributed by atoms with E-state index in [4.69, 9.17) is 5.73 Å². The predicted octanol–water partition coefficient (Wildman–Crippen LogP) is 4.76. The number of aromatic amines is 1. The first kappa shape index (κ1) is 19.7. The summed E-state index contributed by atoms with van der Waals surface area (Å²) in [6, 6.07) is 16.2. The van der Waals surface area contributed by atoms with E-state index in [1.165, 1.54) is 12.1 Å². The molecule has 0 bridgehead atoms. The van der Waals surface area contributed by atoms with Gasteiger partial charge in [0.15, 0.2) is 5.82 Å². The molecule has 0 radical (unpaired) electrons. The Balaban J connectivity index is 1.79. The van der Waals surface area contributed by atoms with Gasteiger partial charge in [-0.3, -0.25) is 5.10 Å². The molecule has 0 unspecified atom stereocenters. The van der Waals surface area contributed by atoms with Crippen molar-refractivity contribution < 1.29 is 13.2 Å². The molecule has 0 saturated carbocycles. The van der Waals surface area contributed by atoms with Gasteiger partial charge in [0.05, 0.1) is 16.8 Å². The summed E-state index contributed by atoms with van der Waals surface area (Å²) in [6.45, 7) is 0.846. The van der Waals surface area contributed by atoms with Crippen LogP contribution >= 0.6 is 0 Å². The number of fused-ring (bicyclic) bond motifs is 1. The Morgan fingerprint density at radius 3 is 2.57 bits per heavy atom. The lowest BCUT2D eigenvalue weighted by molar-refractivity contribution is -0.137. The van der Waals surface area contributed by atoms with Crippen molar-refractivity contribution in [2.75, 3.05) is 23.7 Å². The largest absolute Gasteiger partial charge is 0.417 e. The number of hydrogen-bond acceptors (Lipinski definition) is 5. The van der Waals surface area contributed by atoms with E-state index in [1.54, 1.807) is 18.2 Å². The number of hydrogen-bond donors (Lipinski definition) is 4. The van der Waals surface area contributed by atoms with E-state index < -0.39 is 11.7 Å². The smallest absolute Gasteiger partial charge is 0.384 e. The van der Waals surface area contributed by atoms with Gasteiger partial charge in [-0.1, -0.05) is 30.3 Å². The Kier molecular flexibility index (Phi) is 5.28. The number of nitrogens with one attached hydrogen (secondary N) is 3. The zero-order valence-corrected chi connectivity index (χ0v) is 15.8. The van der Waals surface area contributed by atoms with Crippen LogP contribution in [0.3, 0.4) is 0 Å². The number of H-pyrrole nitrogens is 1. The number of benzene rings is 2. The predicted molar refractivity (Wildman–Crippen MR) is 112 cm³/mol. The molecule has 2 heterocycles. The zero-order valence-electron chi connectivity index (χ0n) is 15.8. The maximum atomic E-state index is 13.5. The fourth-order valence-electron chi connectivity index (χ4n) is 3.18. The van der Waals surface area contributed by atoms with Crippen LogP contribution in [0.2, 0.25) is 0 Å². The molecule has 2 aromatic heterocycles. The second-order valence-corrected chi connectivity index (χ2v) is 6.63. The molecule has 4 rings (SSSR count). The number of rotatable bonds is 6. The molecule has 0 spiro atoms. The number of halogens is 3. The topological polar surface area (TPSA) is 91.6 Å². The molecular weight excluding hydrogens is 393 g/mol. The van der Waals surface area contributed by atoms with E-state index in [2.05, 4.69) is 25.8 Å². The highest BCUT2D eigenvalue weighted by Gasteiger charge is 2.33. The Morgan fingerprint density at radius 2 is 1.77 bits per heavy atom. The maximum Gasteiger partial charge on any atom is 0.417 e. The number of aromatic nitrogens is 3. The molecule has 0 fully saturated rings. The number of anilines is 3. The van der Waals surface area contributed by atoms with E-state index in [1.807, 2.05) is 24.3 Å². The van der Waals surface area contributed by atoms with Crippen molar-refractivity contribution in [3.63, 3.8) is 0 Å². The Hall–Kier alpha value is -3.59. The van der Waals surface area contributed by atoms with Gasteiger partial charge in [-0.15, -0.1) is 0 Å². The lowest BCUT2D eigenvalue weighted by Crippen LogP contribution is -2.13. The Labute approximate surface area is 170 Å². The molecule has 9 heteroatoms. The highest BCUT2D eigenvalue weighted by molar-refractivity contribution is 5.91. The van der Waals surface area contributed by atoms with Crippen molar-refractivity contribution in [1.82, 2.24) is 15.2 Å². The molecular formula is C21H19F3N6. The maximum absolute atomic E-state index is 13.5. The normalized spacial score (nSPS) is 11.6. The van der Waals surface area contributed by atoms with Gasteiger partial charge in [0, 0.05) is 35.8 Å². The van der Waals surface area contributed by atoms with Gasteiger partial charge >= 0.3 is 6.18 Å². The fourth-order valence-corrected chi connectivity index (χ4v) is 3.18. The minimum Gasteiger partial charge on any atom is -0.384 e. The van der Waals surface area contributed by atoms with Crippen molar-refractivity contribution in [1.29, 1.82) is 0 Å². The van der Waals surface area contributed by atoms with Crippen LogP contribution in [0.4, 0.5) is 30.5 Å². The highest BCUT2D eigenvalue weighted by atomic mass is 19.4. The third-order valence-electron chi connectivity index (χ3n) is 4.52. The molecule has 0 amide bonds. The van der Waals surface area contributed by atoms with Crippen LogP contribution in [0.5, 0.6) is 0 Å². The van der Waals surface area contributed by atoms with Crippen LogP contribution in [-0.2, 0) is 6.18 Å². The standard InChI is InChI=1S/C21H19F3N6/c22-21(23,24)16-7-3-1-5-14(16)18-11-13(26-10-9-25)12-19(27-18)28-20-15-6-2-4-8-17(15)29-30-20/h1-8,11-12H,9-10,25H2,(H3,26,27,28,29,30). The third-order valence-corrected chi connectivity index (χ3v) is 4.52. The lowest BCUT2D eigenvalue weighted by Gasteiger charge is -2.15. The second kappa shape index (κ2) is 8.03. The van der Waals surface area contributed by atoms with E-state index in [0.29, 0.717) is 30.4 Å². The van der Waals surface area contributed by atoms with Gasteiger partial charge in [0.25, 0.3) is 0 Å². The third kappa shape index (κ3) is 4.06. The van der Waals surface area contributed by atoms with Crippen LogP contribution in [-0.4, -0.2) is 28.3 Å². The monoisotopic (exact) mass is 412 g/mol. The molecule has 4 aromatic rings. The first-order valence-corrected chi connectivity index (χ1v) is 9.28. The average molecular weight is 412 g/mol. The van der Waals surface area contributed by atoms with Gasteiger partial charge < -0.3 is 16.4 Å². The van der Waals surface area contributed by atoms with E-state index in [9.17, 15) is 13.2 Å². The lowest BCUT2D eigenvalue weighted by atomic mass is 10.0. The summed E-state index contributed by atoms with van der Waals surface area (Å²) in [4.78, 5) is 4.43. The average Bonchev–Trinajstić information content (AvgIpc) is 3.14. The van der Waals surface area contributed by atoms with Crippen molar-refractivity contribution in [2.24, 2.45) is 5.73 Å². The Bertz CT molecular complexity index is 1170. The summed E-state index contributed by atoms with van der Waals surface area (Å²) in [6.07, 6.45) is -4.50.